The van der Waals surface area contributed by atoms with E-state index in [-0.39, 0.29) is 24.4 Å². The number of aliphatic hydroxyl groups excluding tert-OH is 1. The Hall–Kier alpha value is -1.13. The molecule has 0 spiro atoms. The van der Waals surface area contributed by atoms with Gasteiger partial charge in [0.05, 0.1) is 18.3 Å². The number of ether oxygens (including phenoxy) is 5. The van der Waals surface area contributed by atoms with Crippen LogP contribution in [0.25, 0.3) is 0 Å². The molecule has 196 valence electrons. The van der Waals surface area contributed by atoms with Crippen molar-refractivity contribution in [3.05, 3.63) is 35.9 Å². The number of hydrogen-bond acceptors (Lipinski definition) is 8. The number of carbonyl (C=O) groups is 1. The van der Waals surface area contributed by atoms with Gasteiger partial charge in [0.1, 0.15) is 18.8 Å². The van der Waals surface area contributed by atoms with E-state index in [2.05, 4.69) is 0 Å². The summed E-state index contributed by atoms with van der Waals surface area (Å²) < 4.78 is 27.1. The van der Waals surface area contributed by atoms with Crippen molar-refractivity contribution in [2.45, 2.75) is 62.4 Å². The molecule has 9 atom stereocenters. The van der Waals surface area contributed by atoms with E-state index in [1.54, 1.807) is 30.3 Å². The number of halogens is 3. The van der Waals surface area contributed by atoms with Crippen LogP contribution in [-0.4, -0.2) is 64.9 Å². The summed E-state index contributed by atoms with van der Waals surface area (Å²) in [5.74, 6) is -1.68. The first-order chi connectivity index (χ1) is 16.4. The smallest absolute Gasteiger partial charge is 0.338 e. The van der Waals surface area contributed by atoms with Gasteiger partial charge in [-0.05, 0) is 24.0 Å². The van der Waals surface area contributed by atoms with Gasteiger partial charge in [-0.2, -0.15) is 0 Å². The lowest BCUT2D eigenvalue weighted by Crippen LogP contribution is -2.56. The highest BCUT2D eigenvalue weighted by molar-refractivity contribution is 6.76. The summed E-state index contributed by atoms with van der Waals surface area (Å²) in [6.07, 6.45) is -3.91. The van der Waals surface area contributed by atoms with Gasteiger partial charge in [0, 0.05) is 11.8 Å². The molecule has 0 amide bonds. The number of aliphatic hydroxyl groups is 1. The Morgan fingerprint density at radius 2 is 1.74 bits per heavy atom. The number of hydrogen-bond donors (Lipinski definition) is 2. The summed E-state index contributed by atoms with van der Waals surface area (Å²) in [4.78, 5) is 12.5. The van der Waals surface area contributed by atoms with E-state index in [1.807, 2.05) is 27.7 Å². The van der Waals surface area contributed by atoms with Crippen molar-refractivity contribution in [3.63, 3.8) is 0 Å². The van der Waals surface area contributed by atoms with Crippen LogP contribution in [0.5, 0.6) is 0 Å². The van der Waals surface area contributed by atoms with E-state index >= 15 is 0 Å². The Labute approximate surface area is 220 Å². The second-order valence-electron chi connectivity index (χ2n) is 9.30. The highest BCUT2D eigenvalue weighted by atomic mass is 35.6. The molecular formula is C24H32Cl3NO7. The molecule has 2 aliphatic rings. The number of rotatable bonds is 6. The highest BCUT2D eigenvalue weighted by Crippen LogP contribution is 2.38. The molecule has 0 aromatic heterocycles. The molecule has 0 bridgehead atoms. The Kier molecular flexibility index (Phi) is 9.71. The van der Waals surface area contributed by atoms with E-state index in [9.17, 15) is 9.90 Å². The van der Waals surface area contributed by atoms with Crippen molar-refractivity contribution in [2.24, 2.45) is 23.7 Å². The van der Waals surface area contributed by atoms with Crippen molar-refractivity contribution < 1.29 is 33.6 Å². The van der Waals surface area contributed by atoms with E-state index in [0.29, 0.717) is 12.2 Å². The van der Waals surface area contributed by atoms with Crippen molar-refractivity contribution in [3.8, 4) is 0 Å². The normalized spacial score (nSPS) is 35.8. The van der Waals surface area contributed by atoms with Crippen molar-refractivity contribution in [1.82, 2.24) is 0 Å². The quantitative estimate of drug-likeness (QED) is 0.230. The number of carbonyl (C=O) groups excluding carboxylic acids is 1. The van der Waals surface area contributed by atoms with E-state index in [4.69, 9.17) is 63.9 Å². The monoisotopic (exact) mass is 551 g/mol. The third-order valence-electron chi connectivity index (χ3n) is 6.77. The van der Waals surface area contributed by atoms with Crippen LogP contribution in [0, 0.1) is 29.1 Å². The fourth-order valence-corrected chi connectivity index (χ4v) is 4.33. The third kappa shape index (κ3) is 7.01. The van der Waals surface area contributed by atoms with Crippen molar-refractivity contribution in [1.29, 1.82) is 5.41 Å². The van der Waals surface area contributed by atoms with Gasteiger partial charge in [-0.3, -0.25) is 5.41 Å². The van der Waals surface area contributed by atoms with Crippen LogP contribution in [0.1, 0.15) is 38.1 Å². The average Bonchev–Trinajstić information content (AvgIpc) is 2.82. The molecule has 2 heterocycles. The van der Waals surface area contributed by atoms with Crippen LogP contribution in [0.3, 0.4) is 0 Å². The van der Waals surface area contributed by atoms with Crippen LogP contribution in [0.2, 0.25) is 0 Å². The zero-order chi connectivity index (χ0) is 25.9. The van der Waals surface area contributed by atoms with Crippen LogP contribution in [0.15, 0.2) is 30.3 Å². The average molecular weight is 553 g/mol. The third-order valence-corrected chi connectivity index (χ3v) is 7.29. The van der Waals surface area contributed by atoms with Crippen LogP contribution in [-0.2, 0) is 23.7 Å². The Morgan fingerprint density at radius 1 is 1.09 bits per heavy atom. The molecule has 3 unspecified atom stereocenters. The Bertz CT molecular complexity index is 868. The summed E-state index contributed by atoms with van der Waals surface area (Å²) >= 11 is 17.4. The summed E-state index contributed by atoms with van der Waals surface area (Å²) in [7, 11) is 0. The van der Waals surface area contributed by atoms with Crippen LogP contribution < -0.4 is 0 Å². The lowest BCUT2D eigenvalue weighted by molar-refractivity contribution is -0.312. The first-order valence-electron chi connectivity index (χ1n) is 11.5. The first-order valence-corrected chi connectivity index (χ1v) is 12.7. The molecule has 0 aliphatic carbocycles. The lowest BCUT2D eigenvalue weighted by Gasteiger charge is -2.47. The van der Waals surface area contributed by atoms with Crippen molar-refractivity contribution >= 4 is 46.7 Å². The minimum atomic E-state index is -2.08. The fourth-order valence-electron chi connectivity index (χ4n) is 4.19. The van der Waals surface area contributed by atoms with Crippen LogP contribution >= 0.6 is 34.8 Å². The van der Waals surface area contributed by atoms with Gasteiger partial charge in [0.2, 0.25) is 12.2 Å². The van der Waals surface area contributed by atoms with Gasteiger partial charge in [-0.15, -0.1) is 0 Å². The molecule has 2 saturated heterocycles. The molecule has 1 aromatic carbocycles. The number of benzene rings is 1. The SMILES string of the molecule is CC1[C@@H](OC(=N)C(Cl)(Cl)Cl)OC(COC(=O)c2ccccc2)[C@@H](C)[C@@H]1O[C@H]1OC[C@@H](C)[C@H](C)C1O. The zero-order valence-corrected chi connectivity index (χ0v) is 22.3. The summed E-state index contributed by atoms with van der Waals surface area (Å²) in [5.41, 5.74) is 0.407. The maximum atomic E-state index is 12.5. The first kappa shape index (κ1) is 28.4. The zero-order valence-electron chi connectivity index (χ0n) is 20.0. The number of alkyl halides is 3. The molecular weight excluding hydrogens is 521 g/mol. The predicted molar refractivity (Wildman–Crippen MR) is 132 cm³/mol. The molecule has 35 heavy (non-hydrogen) atoms. The van der Waals surface area contributed by atoms with Crippen LogP contribution in [0.4, 0.5) is 0 Å². The van der Waals surface area contributed by atoms with Gasteiger partial charge in [-0.1, -0.05) is 80.7 Å². The van der Waals surface area contributed by atoms with Gasteiger partial charge in [-0.25, -0.2) is 4.79 Å². The van der Waals surface area contributed by atoms with Gasteiger partial charge in [0.25, 0.3) is 3.79 Å². The molecule has 0 radical (unpaired) electrons. The van der Waals surface area contributed by atoms with Crippen molar-refractivity contribution in [2.75, 3.05) is 13.2 Å². The maximum Gasteiger partial charge on any atom is 0.338 e. The molecule has 1 aromatic rings. The summed E-state index contributed by atoms with van der Waals surface area (Å²) in [5, 5.41) is 18.7. The topological polar surface area (TPSA) is 107 Å². The van der Waals surface area contributed by atoms with Gasteiger partial charge < -0.3 is 28.8 Å². The Balaban J connectivity index is 1.76. The molecule has 2 fully saturated rings. The second-order valence-corrected chi connectivity index (χ2v) is 11.6. The lowest BCUT2D eigenvalue weighted by atomic mass is 9.85. The van der Waals surface area contributed by atoms with E-state index < -0.39 is 52.5 Å². The summed E-state index contributed by atoms with van der Waals surface area (Å²) in [6, 6.07) is 8.59. The van der Waals surface area contributed by atoms with E-state index in [0.717, 1.165) is 0 Å². The maximum absolute atomic E-state index is 12.5. The highest BCUT2D eigenvalue weighted by Gasteiger charge is 2.48. The standard InChI is InChI=1S/C24H32Cl3NO7/c1-12-10-32-22(18(29)13(12)2)34-19-14(3)17(11-31-20(30)16-8-6-5-7-9-16)33-21(15(19)4)35-23(28)24(25,26)27/h5-9,12-15,17-19,21-22,28-29H,10-11H2,1-4H3/t12-,13+,14-,15?,17?,18?,19+,21-,22-/m1/s1. The molecule has 8 nitrogen and oxygen atoms in total. The molecule has 2 aliphatic heterocycles. The fraction of sp³-hybridized carbons (Fsp3) is 0.667. The second kappa shape index (κ2) is 11.9. The summed E-state index contributed by atoms with van der Waals surface area (Å²) in [6.45, 7) is 8.01. The number of esters is 1. The number of nitrogens with one attached hydrogen (secondary N) is 1. The van der Waals surface area contributed by atoms with Gasteiger partial charge >= 0.3 is 5.97 Å². The minimum Gasteiger partial charge on any atom is -0.459 e. The molecule has 11 heteroatoms. The molecule has 2 N–H and O–H groups in total. The minimum absolute atomic E-state index is 0.0218. The van der Waals surface area contributed by atoms with E-state index in [1.165, 1.54) is 0 Å². The Morgan fingerprint density at radius 3 is 2.37 bits per heavy atom. The molecule has 0 saturated carbocycles. The van der Waals surface area contributed by atoms with Gasteiger partial charge in [0.15, 0.2) is 6.29 Å². The largest absolute Gasteiger partial charge is 0.459 e. The predicted octanol–water partition coefficient (Wildman–Crippen LogP) is 4.58. The molecule has 3 rings (SSSR count).